The largest absolute Gasteiger partial charge is 0.455 e. The molecule has 1 aromatic heterocycles. The maximum absolute atomic E-state index is 9.58. The molecule has 0 aliphatic heterocycles. The fraction of sp³-hybridized carbons (Fsp3) is 0.0400. The predicted molar refractivity (Wildman–Crippen MR) is 216 cm³/mol. The second kappa shape index (κ2) is 12.2. The van der Waals surface area contributed by atoms with Crippen molar-refractivity contribution in [3.63, 3.8) is 0 Å². The van der Waals surface area contributed by atoms with Gasteiger partial charge in [0, 0.05) is 16.3 Å². The van der Waals surface area contributed by atoms with Gasteiger partial charge < -0.3 is 4.42 Å². The van der Waals surface area contributed by atoms with Gasteiger partial charge in [-0.2, -0.15) is 0 Å². The number of hydrogen-bond acceptors (Lipinski definition) is 1. The van der Waals surface area contributed by atoms with Crippen molar-refractivity contribution in [2.45, 2.75) is 12.8 Å². The molecule has 1 nitrogen and oxygen atoms in total. The van der Waals surface area contributed by atoms with Gasteiger partial charge in [0.05, 0.1) is 26.0 Å². The Labute approximate surface area is 323 Å². The summed E-state index contributed by atoms with van der Waals surface area (Å²) in [7, 11) is 0. The van der Waals surface area contributed by atoms with Crippen molar-refractivity contribution in [2.75, 3.05) is 0 Å². The summed E-state index contributed by atoms with van der Waals surface area (Å²) < 4.78 is 177. The molecule has 0 saturated carbocycles. The van der Waals surface area contributed by atoms with Crippen LogP contribution in [0.15, 0.2) is 186 Å². The maximum atomic E-state index is 9.58. The Morgan fingerprint density at radius 2 is 1.08 bits per heavy atom. The second-order valence-electron chi connectivity index (χ2n) is 12.1. The van der Waals surface area contributed by atoms with E-state index in [1.54, 1.807) is 12.1 Å². The van der Waals surface area contributed by atoms with Crippen molar-refractivity contribution >= 4 is 54.3 Å². The molecule has 9 aromatic carbocycles. The predicted octanol–water partition coefficient (Wildman–Crippen LogP) is 13.6. The molecule has 0 amide bonds. The highest BCUT2D eigenvalue weighted by Gasteiger charge is 2.16. The molecule has 0 N–H and O–H groups in total. The molecule has 0 saturated heterocycles. The summed E-state index contributed by atoms with van der Waals surface area (Å²) in [5.74, 6) is 0. The third-order valence-electron chi connectivity index (χ3n) is 9.14. The molecule has 1 heteroatoms. The van der Waals surface area contributed by atoms with E-state index in [2.05, 4.69) is 0 Å². The SMILES string of the molecule is [2H]c1c([2H])c([2H])c(Cc2c3c([2H])c([2H])c([2H])c([2H])c3c(Cc3c([2H])c([2H])c4c([2H])c(-c5cccc6c5oc5cc(-c7ccccc7)ccc56)c([2H])c([2H])c4c3[2H])c3c([2H])c([2H])c([2H])c([2H])c23)c([2H])c1[2H]. The zero-order chi connectivity index (χ0) is 50.3. The number of rotatable bonds is 6. The lowest BCUT2D eigenvalue weighted by atomic mass is 9.86. The van der Waals surface area contributed by atoms with Crippen LogP contribution < -0.4 is 0 Å². The minimum absolute atomic E-state index is 0.0795. The highest BCUT2D eigenvalue weighted by Crippen LogP contribution is 2.39. The van der Waals surface area contributed by atoms with Gasteiger partial charge in [0.15, 0.2) is 0 Å². The Balaban J connectivity index is 1.24. The average Bonchev–Trinajstić information content (AvgIpc) is 3.74. The quantitative estimate of drug-likeness (QED) is 0.161. The van der Waals surface area contributed by atoms with Crippen LogP contribution in [0.5, 0.6) is 0 Å². The summed E-state index contributed by atoms with van der Waals surface area (Å²) in [6.07, 6.45) is -1.33. The van der Waals surface area contributed by atoms with Crippen molar-refractivity contribution in [1.29, 1.82) is 0 Å². The van der Waals surface area contributed by atoms with Gasteiger partial charge >= 0.3 is 0 Å². The van der Waals surface area contributed by atoms with E-state index in [1.807, 2.05) is 54.6 Å². The maximum Gasteiger partial charge on any atom is 0.143 e. The second-order valence-corrected chi connectivity index (χ2v) is 12.1. The number of para-hydroxylation sites is 1. The first-order valence-electron chi connectivity index (χ1n) is 25.7. The van der Waals surface area contributed by atoms with Crippen LogP contribution in [0.4, 0.5) is 0 Å². The Morgan fingerprint density at radius 3 is 1.80 bits per heavy atom. The number of furan rings is 1. The van der Waals surface area contributed by atoms with Gasteiger partial charge in [-0.05, 0) is 102 Å². The number of hydrogen-bond donors (Lipinski definition) is 0. The summed E-state index contributed by atoms with van der Waals surface area (Å²) in [6, 6.07) is 8.20. The summed E-state index contributed by atoms with van der Waals surface area (Å²) >= 11 is 0. The van der Waals surface area contributed by atoms with Crippen LogP contribution in [0, 0.1) is 0 Å². The normalized spacial score (nSPS) is 16.9. The Bertz CT molecular complexity index is 3880. The van der Waals surface area contributed by atoms with Crippen molar-refractivity contribution in [3.8, 4) is 22.3 Å². The molecule has 51 heavy (non-hydrogen) atoms. The van der Waals surface area contributed by atoms with E-state index in [-0.39, 0.29) is 65.7 Å². The number of fused-ring (bicyclic) bond motifs is 6. The highest BCUT2D eigenvalue weighted by atomic mass is 16.3. The minimum Gasteiger partial charge on any atom is -0.455 e. The van der Waals surface area contributed by atoms with Gasteiger partial charge in [0.1, 0.15) is 11.2 Å². The van der Waals surface area contributed by atoms with Crippen LogP contribution in [0.1, 0.15) is 48.3 Å². The van der Waals surface area contributed by atoms with Crippen molar-refractivity contribution in [2.24, 2.45) is 0 Å². The lowest BCUT2D eigenvalue weighted by molar-refractivity contribution is 0.670. The summed E-state index contributed by atoms with van der Waals surface area (Å²) in [4.78, 5) is 0. The zero-order valence-corrected chi connectivity index (χ0v) is 26.7. The molecule has 0 bridgehead atoms. The molecular formula is C50H34O. The van der Waals surface area contributed by atoms with Crippen LogP contribution in [0.25, 0.3) is 76.5 Å². The smallest absolute Gasteiger partial charge is 0.143 e. The van der Waals surface area contributed by atoms with Crippen LogP contribution in [-0.2, 0) is 12.8 Å². The third-order valence-corrected chi connectivity index (χ3v) is 9.14. The van der Waals surface area contributed by atoms with Crippen LogP contribution in [-0.4, -0.2) is 0 Å². The molecule has 0 spiro atoms. The summed E-state index contributed by atoms with van der Waals surface area (Å²) in [5, 5.41) is -0.443. The third kappa shape index (κ3) is 5.18. The van der Waals surface area contributed by atoms with Crippen molar-refractivity contribution < 1.29 is 30.5 Å². The topological polar surface area (TPSA) is 13.1 Å². The van der Waals surface area contributed by atoms with Crippen LogP contribution in [0.2, 0.25) is 0 Å². The lowest BCUT2D eigenvalue weighted by Gasteiger charge is -2.17. The fourth-order valence-electron chi connectivity index (χ4n) is 6.79. The molecule has 10 aromatic rings. The molecule has 240 valence electrons. The van der Waals surface area contributed by atoms with E-state index in [0.717, 1.165) is 16.5 Å². The zero-order valence-electron chi connectivity index (χ0n) is 45.7. The van der Waals surface area contributed by atoms with Crippen molar-refractivity contribution in [1.82, 2.24) is 0 Å². The molecule has 0 atom stereocenters. The van der Waals surface area contributed by atoms with Crippen LogP contribution in [0.3, 0.4) is 0 Å². The lowest BCUT2D eigenvalue weighted by Crippen LogP contribution is -1.98. The van der Waals surface area contributed by atoms with Gasteiger partial charge in [0.2, 0.25) is 0 Å². The van der Waals surface area contributed by atoms with E-state index in [4.69, 9.17) is 16.8 Å². The highest BCUT2D eigenvalue weighted by molar-refractivity contribution is 6.11. The van der Waals surface area contributed by atoms with E-state index < -0.39 is 128 Å². The summed E-state index contributed by atoms with van der Waals surface area (Å²) in [6.45, 7) is 0. The van der Waals surface area contributed by atoms with E-state index in [9.17, 15) is 13.7 Å². The standard InChI is InChI=1S/C50H34O/c1-3-12-33(13-4-1)29-47-41-16-7-9-18-43(41)48(44-19-10-8-17-42(44)47)30-34-22-23-37-31-39(25-24-36(37)28-34)40-20-11-21-46-45-27-26-38(32-49(45)51-50(40)46)35-14-5-2-6-15-35/h1-28,31-32H,29-30H2/i1D,3D,4D,7D,8D,9D,10D,12D,13D,16D,17D,18D,19D,22D,23D,24D,25D,28D,31D. The van der Waals surface area contributed by atoms with Crippen molar-refractivity contribution in [3.05, 3.63) is 204 Å². The Kier molecular flexibility index (Phi) is 3.83. The number of benzene rings is 9. The van der Waals surface area contributed by atoms with Gasteiger partial charge in [-0.1, -0.05) is 163 Å². The first-order chi connectivity index (χ1) is 33.2. The van der Waals surface area contributed by atoms with Gasteiger partial charge in [0.25, 0.3) is 0 Å². The average molecular weight is 670 g/mol. The molecular weight excluding hydrogens is 617 g/mol. The monoisotopic (exact) mass is 669 g/mol. The Morgan fingerprint density at radius 1 is 0.431 bits per heavy atom. The molecule has 0 aliphatic carbocycles. The van der Waals surface area contributed by atoms with Gasteiger partial charge in [-0.25, -0.2) is 0 Å². The van der Waals surface area contributed by atoms with Gasteiger partial charge in [-0.3, -0.25) is 0 Å². The fourth-order valence-corrected chi connectivity index (χ4v) is 6.79. The first kappa shape index (κ1) is 16.1. The molecule has 0 unspecified atom stereocenters. The Hall–Kier alpha value is -6.44. The molecule has 1 heterocycles. The molecule has 0 aliphatic rings. The van der Waals surface area contributed by atoms with Crippen LogP contribution >= 0.6 is 0 Å². The molecule has 10 rings (SSSR count). The first-order valence-corrected chi connectivity index (χ1v) is 16.2. The van der Waals surface area contributed by atoms with E-state index >= 15 is 0 Å². The molecule has 0 radical (unpaired) electrons. The van der Waals surface area contributed by atoms with E-state index in [0.29, 0.717) is 16.6 Å². The van der Waals surface area contributed by atoms with E-state index in [1.165, 1.54) is 0 Å². The molecule has 0 fully saturated rings. The summed E-state index contributed by atoms with van der Waals surface area (Å²) in [5.41, 5.74) is 1.85. The van der Waals surface area contributed by atoms with Gasteiger partial charge in [-0.15, -0.1) is 0 Å². The minimum atomic E-state index is -0.751.